The second kappa shape index (κ2) is 5.87. The van der Waals surface area contributed by atoms with Crippen molar-refractivity contribution in [1.82, 2.24) is 0 Å². The second-order valence-electron chi connectivity index (χ2n) is 5.14. The monoisotopic (exact) mass is 283 g/mol. The molecule has 1 aliphatic carbocycles. The third-order valence-electron chi connectivity index (χ3n) is 3.62. The van der Waals surface area contributed by atoms with Gasteiger partial charge in [-0.3, -0.25) is 0 Å². The zero-order chi connectivity index (χ0) is 14.7. The summed E-state index contributed by atoms with van der Waals surface area (Å²) < 4.78 is 10.6. The number of hydrogen-bond donors (Lipinski definition) is 1. The molecule has 0 aromatic heterocycles. The molecule has 0 bridgehead atoms. The van der Waals surface area contributed by atoms with E-state index < -0.39 is 0 Å². The van der Waals surface area contributed by atoms with E-state index in [0.29, 0.717) is 24.0 Å². The Bertz CT molecular complexity index is 654. The molecule has 0 saturated heterocycles. The van der Waals surface area contributed by atoms with Crippen LogP contribution in [0.5, 0.6) is 5.75 Å². The predicted octanol–water partition coefficient (Wildman–Crippen LogP) is 2.53. The van der Waals surface area contributed by atoms with E-state index in [-0.39, 0.29) is 12.6 Å². The number of anilines is 1. The van der Waals surface area contributed by atoms with E-state index >= 15 is 0 Å². The SMILES string of the molecule is Nc1cccc(OCC(=O)OCC2Cc3ccccc32)c1. The minimum absolute atomic E-state index is 0.0994. The van der Waals surface area contributed by atoms with Gasteiger partial charge in [-0.05, 0) is 29.7 Å². The lowest BCUT2D eigenvalue weighted by Gasteiger charge is -2.29. The van der Waals surface area contributed by atoms with Crippen molar-refractivity contribution in [2.75, 3.05) is 18.9 Å². The average Bonchev–Trinajstić information content (AvgIpc) is 2.46. The van der Waals surface area contributed by atoms with Gasteiger partial charge in [-0.1, -0.05) is 30.3 Å². The molecule has 0 spiro atoms. The first-order chi connectivity index (χ1) is 10.2. The molecule has 0 fully saturated rings. The summed E-state index contributed by atoms with van der Waals surface area (Å²) >= 11 is 0. The number of nitrogens with two attached hydrogens (primary N) is 1. The molecule has 0 radical (unpaired) electrons. The molecular formula is C17H17NO3. The Morgan fingerprint density at radius 3 is 2.86 bits per heavy atom. The predicted molar refractivity (Wildman–Crippen MR) is 80.2 cm³/mol. The minimum Gasteiger partial charge on any atom is -0.482 e. The van der Waals surface area contributed by atoms with Crippen molar-refractivity contribution in [3.63, 3.8) is 0 Å². The molecule has 4 heteroatoms. The van der Waals surface area contributed by atoms with Gasteiger partial charge in [0.1, 0.15) is 5.75 Å². The first kappa shape index (κ1) is 13.5. The van der Waals surface area contributed by atoms with E-state index in [9.17, 15) is 4.79 Å². The number of rotatable bonds is 5. The zero-order valence-corrected chi connectivity index (χ0v) is 11.6. The van der Waals surface area contributed by atoms with E-state index in [4.69, 9.17) is 15.2 Å². The van der Waals surface area contributed by atoms with Crippen LogP contribution in [0.15, 0.2) is 48.5 Å². The molecule has 0 heterocycles. The lowest BCUT2D eigenvalue weighted by atomic mass is 9.78. The highest BCUT2D eigenvalue weighted by Crippen LogP contribution is 2.34. The van der Waals surface area contributed by atoms with E-state index in [1.807, 2.05) is 12.1 Å². The van der Waals surface area contributed by atoms with Gasteiger partial charge in [-0.15, -0.1) is 0 Å². The summed E-state index contributed by atoms with van der Waals surface area (Å²) in [5, 5.41) is 0. The van der Waals surface area contributed by atoms with Gasteiger partial charge in [0.2, 0.25) is 0 Å². The Labute approximate surface area is 123 Å². The standard InChI is InChI=1S/C17H17NO3/c18-14-5-3-6-15(9-14)20-11-17(19)21-10-13-8-12-4-1-2-7-16(12)13/h1-7,9,13H,8,10-11,18H2. The fourth-order valence-electron chi connectivity index (χ4n) is 2.49. The quantitative estimate of drug-likeness (QED) is 0.676. The van der Waals surface area contributed by atoms with Crippen LogP contribution in [0.3, 0.4) is 0 Å². The van der Waals surface area contributed by atoms with Crippen LogP contribution in [0.1, 0.15) is 17.0 Å². The highest BCUT2D eigenvalue weighted by atomic mass is 16.6. The highest BCUT2D eigenvalue weighted by Gasteiger charge is 2.26. The van der Waals surface area contributed by atoms with Gasteiger partial charge in [-0.2, -0.15) is 0 Å². The van der Waals surface area contributed by atoms with Crippen LogP contribution in [0.2, 0.25) is 0 Å². The van der Waals surface area contributed by atoms with Crippen molar-refractivity contribution in [1.29, 1.82) is 0 Å². The number of carbonyl (C=O) groups is 1. The maximum absolute atomic E-state index is 11.7. The van der Waals surface area contributed by atoms with Crippen LogP contribution in [-0.2, 0) is 16.0 Å². The summed E-state index contributed by atoms with van der Waals surface area (Å²) in [6.45, 7) is 0.313. The average molecular weight is 283 g/mol. The molecule has 4 nitrogen and oxygen atoms in total. The lowest BCUT2D eigenvalue weighted by Crippen LogP contribution is -2.25. The van der Waals surface area contributed by atoms with Crippen LogP contribution in [-0.4, -0.2) is 19.2 Å². The highest BCUT2D eigenvalue weighted by molar-refractivity contribution is 5.71. The van der Waals surface area contributed by atoms with Gasteiger partial charge < -0.3 is 15.2 Å². The summed E-state index contributed by atoms with van der Waals surface area (Å²) in [6.07, 6.45) is 0.972. The molecule has 2 aromatic carbocycles. The maximum Gasteiger partial charge on any atom is 0.344 e. The molecule has 3 rings (SSSR count). The first-order valence-electron chi connectivity index (χ1n) is 6.94. The Kier molecular flexibility index (Phi) is 3.77. The van der Waals surface area contributed by atoms with Gasteiger partial charge in [0.25, 0.3) is 0 Å². The molecule has 0 amide bonds. The summed E-state index contributed by atoms with van der Waals surface area (Å²) in [5.41, 5.74) is 8.86. The summed E-state index contributed by atoms with van der Waals surface area (Å²) in [4.78, 5) is 11.7. The van der Waals surface area contributed by atoms with Crippen LogP contribution in [0.4, 0.5) is 5.69 Å². The fraction of sp³-hybridized carbons (Fsp3) is 0.235. The Morgan fingerprint density at radius 1 is 1.19 bits per heavy atom. The van der Waals surface area contributed by atoms with Crippen molar-refractivity contribution >= 4 is 11.7 Å². The van der Waals surface area contributed by atoms with E-state index in [0.717, 1.165) is 6.42 Å². The van der Waals surface area contributed by atoms with Crippen molar-refractivity contribution in [2.24, 2.45) is 0 Å². The van der Waals surface area contributed by atoms with Gasteiger partial charge >= 0.3 is 5.97 Å². The molecule has 1 aliphatic rings. The second-order valence-corrected chi connectivity index (χ2v) is 5.14. The molecular weight excluding hydrogens is 266 g/mol. The van der Waals surface area contributed by atoms with Crippen LogP contribution < -0.4 is 10.5 Å². The van der Waals surface area contributed by atoms with Crippen molar-refractivity contribution in [2.45, 2.75) is 12.3 Å². The smallest absolute Gasteiger partial charge is 0.344 e. The molecule has 0 saturated carbocycles. The van der Waals surface area contributed by atoms with Crippen molar-refractivity contribution in [3.05, 3.63) is 59.7 Å². The Balaban J connectivity index is 1.44. The van der Waals surface area contributed by atoms with Gasteiger partial charge in [-0.25, -0.2) is 4.79 Å². The van der Waals surface area contributed by atoms with E-state index in [1.165, 1.54) is 11.1 Å². The largest absolute Gasteiger partial charge is 0.482 e. The Hall–Kier alpha value is -2.49. The van der Waals surface area contributed by atoms with Crippen molar-refractivity contribution in [3.8, 4) is 5.75 Å². The number of benzene rings is 2. The van der Waals surface area contributed by atoms with Crippen molar-refractivity contribution < 1.29 is 14.3 Å². The molecule has 1 atom stereocenters. The number of nitrogen functional groups attached to an aromatic ring is 1. The first-order valence-corrected chi connectivity index (χ1v) is 6.94. The normalized spacial score (nSPS) is 15.7. The molecule has 108 valence electrons. The minimum atomic E-state index is -0.359. The molecule has 1 unspecified atom stereocenters. The summed E-state index contributed by atoms with van der Waals surface area (Å²) in [7, 11) is 0. The van der Waals surface area contributed by atoms with E-state index in [2.05, 4.69) is 12.1 Å². The number of fused-ring (bicyclic) bond motifs is 1. The fourth-order valence-corrected chi connectivity index (χ4v) is 2.49. The molecule has 0 aliphatic heterocycles. The zero-order valence-electron chi connectivity index (χ0n) is 11.6. The number of carbonyl (C=O) groups excluding carboxylic acids is 1. The Morgan fingerprint density at radius 2 is 2.05 bits per heavy atom. The molecule has 21 heavy (non-hydrogen) atoms. The third-order valence-corrected chi connectivity index (χ3v) is 3.62. The third kappa shape index (κ3) is 3.16. The van der Waals surface area contributed by atoms with Gasteiger partial charge in [0.15, 0.2) is 6.61 Å². The maximum atomic E-state index is 11.7. The summed E-state index contributed by atoms with van der Waals surface area (Å²) in [5.74, 6) is 0.528. The number of esters is 1. The van der Waals surface area contributed by atoms with Crippen LogP contribution >= 0.6 is 0 Å². The topological polar surface area (TPSA) is 61.5 Å². The molecule has 2 aromatic rings. The molecule has 2 N–H and O–H groups in total. The number of ether oxygens (including phenoxy) is 2. The van der Waals surface area contributed by atoms with Crippen LogP contribution in [0.25, 0.3) is 0 Å². The van der Waals surface area contributed by atoms with Gasteiger partial charge in [0.05, 0.1) is 6.61 Å². The summed E-state index contributed by atoms with van der Waals surface area (Å²) in [6, 6.07) is 15.2. The lowest BCUT2D eigenvalue weighted by molar-refractivity contribution is -0.146. The van der Waals surface area contributed by atoms with Crippen LogP contribution in [0, 0.1) is 0 Å². The van der Waals surface area contributed by atoms with E-state index in [1.54, 1.807) is 24.3 Å². The number of hydrogen-bond acceptors (Lipinski definition) is 4. The van der Waals surface area contributed by atoms with Gasteiger partial charge in [0, 0.05) is 17.7 Å².